The molecule has 7 heteroatoms. The molecule has 2 saturated heterocycles. The van der Waals surface area contributed by atoms with Gasteiger partial charge in [0, 0.05) is 13.0 Å². The largest absolute Gasteiger partial charge is 0.494 e. The SMILES string of the molecule is CCOc1ccc([C@H]2CCCN2C(=O)CC[C@@H]2NC(=O)NC2=O)cc1. The van der Waals surface area contributed by atoms with Gasteiger partial charge in [0.25, 0.3) is 5.91 Å². The summed E-state index contributed by atoms with van der Waals surface area (Å²) >= 11 is 0. The van der Waals surface area contributed by atoms with E-state index in [9.17, 15) is 14.4 Å². The van der Waals surface area contributed by atoms with Gasteiger partial charge in [0.15, 0.2) is 0 Å². The van der Waals surface area contributed by atoms with Crippen LogP contribution in [-0.2, 0) is 9.59 Å². The van der Waals surface area contributed by atoms with Crippen molar-refractivity contribution in [1.82, 2.24) is 15.5 Å². The summed E-state index contributed by atoms with van der Waals surface area (Å²) in [6, 6.07) is 6.84. The minimum atomic E-state index is -0.608. The van der Waals surface area contributed by atoms with Crippen molar-refractivity contribution >= 4 is 17.8 Å². The van der Waals surface area contributed by atoms with Crippen LogP contribution >= 0.6 is 0 Å². The van der Waals surface area contributed by atoms with E-state index in [0.29, 0.717) is 13.0 Å². The highest BCUT2D eigenvalue weighted by molar-refractivity contribution is 6.04. The number of nitrogens with one attached hydrogen (secondary N) is 2. The number of ether oxygens (including phenoxy) is 1. The van der Waals surface area contributed by atoms with Gasteiger partial charge >= 0.3 is 6.03 Å². The Hall–Kier alpha value is -2.57. The summed E-state index contributed by atoms with van der Waals surface area (Å²) in [5.74, 6) is 0.484. The van der Waals surface area contributed by atoms with Crippen molar-refractivity contribution in [1.29, 1.82) is 0 Å². The Morgan fingerprint density at radius 3 is 2.68 bits per heavy atom. The Bertz CT molecular complexity index is 659. The zero-order valence-electron chi connectivity index (χ0n) is 14.3. The maximum Gasteiger partial charge on any atom is 0.322 e. The van der Waals surface area contributed by atoms with Crippen LogP contribution in [0.15, 0.2) is 24.3 Å². The number of hydrogen-bond donors (Lipinski definition) is 2. The third kappa shape index (κ3) is 3.92. The van der Waals surface area contributed by atoms with E-state index in [1.54, 1.807) is 0 Å². The van der Waals surface area contributed by atoms with E-state index < -0.39 is 12.1 Å². The van der Waals surface area contributed by atoms with Gasteiger partial charge < -0.3 is 15.0 Å². The van der Waals surface area contributed by atoms with Gasteiger partial charge in [-0.25, -0.2) is 4.79 Å². The molecule has 1 aromatic rings. The summed E-state index contributed by atoms with van der Waals surface area (Å²) in [5, 5.41) is 4.71. The molecule has 2 aliphatic rings. The highest BCUT2D eigenvalue weighted by atomic mass is 16.5. The third-order valence-electron chi connectivity index (χ3n) is 4.65. The van der Waals surface area contributed by atoms with Crippen molar-refractivity contribution in [3.05, 3.63) is 29.8 Å². The van der Waals surface area contributed by atoms with Crippen LogP contribution < -0.4 is 15.4 Å². The van der Waals surface area contributed by atoms with Gasteiger partial charge in [0.1, 0.15) is 11.8 Å². The minimum Gasteiger partial charge on any atom is -0.494 e. The lowest BCUT2D eigenvalue weighted by molar-refractivity contribution is -0.132. The van der Waals surface area contributed by atoms with Crippen molar-refractivity contribution < 1.29 is 19.1 Å². The topological polar surface area (TPSA) is 87.7 Å². The van der Waals surface area contributed by atoms with Crippen LogP contribution in [0.25, 0.3) is 0 Å². The maximum atomic E-state index is 12.6. The lowest BCUT2D eigenvalue weighted by atomic mass is 10.0. The molecule has 1 aromatic carbocycles. The van der Waals surface area contributed by atoms with Crippen LogP contribution in [0.2, 0.25) is 0 Å². The monoisotopic (exact) mass is 345 g/mol. The van der Waals surface area contributed by atoms with Gasteiger partial charge in [0.2, 0.25) is 5.91 Å². The summed E-state index contributed by atoms with van der Waals surface area (Å²) in [7, 11) is 0. The number of urea groups is 1. The van der Waals surface area contributed by atoms with Crippen LogP contribution in [0.1, 0.15) is 44.2 Å². The van der Waals surface area contributed by atoms with E-state index in [0.717, 1.165) is 30.7 Å². The quantitative estimate of drug-likeness (QED) is 0.769. The fourth-order valence-corrected chi connectivity index (χ4v) is 3.44. The molecule has 3 rings (SSSR count). The number of rotatable bonds is 6. The molecule has 0 unspecified atom stereocenters. The van der Waals surface area contributed by atoms with E-state index in [-0.39, 0.29) is 24.3 Å². The molecule has 2 heterocycles. The first kappa shape index (κ1) is 17.3. The average molecular weight is 345 g/mol. The second kappa shape index (κ2) is 7.55. The fourth-order valence-electron chi connectivity index (χ4n) is 3.44. The van der Waals surface area contributed by atoms with Gasteiger partial charge in [-0.3, -0.25) is 14.9 Å². The van der Waals surface area contributed by atoms with Gasteiger partial charge in [-0.1, -0.05) is 12.1 Å². The van der Waals surface area contributed by atoms with Crippen molar-refractivity contribution in [3.8, 4) is 5.75 Å². The molecule has 0 radical (unpaired) electrons. The molecule has 0 spiro atoms. The summed E-state index contributed by atoms with van der Waals surface area (Å²) in [5.41, 5.74) is 1.10. The Balaban J connectivity index is 1.59. The molecule has 0 saturated carbocycles. The van der Waals surface area contributed by atoms with Gasteiger partial charge in [0.05, 0.1) is 12.6 Å². The van der Waals surface area contributed by atoms with Crippen LogP contribution in [0.3, 0.4) is 0 Å². The maximum absolute atomic E-state index is 12.6. The lowest BCUT2D eigenvalue weighted by Gasteiger charge is -2.25. The predicted molar refractivity (Wildman–Crippen MR) is 91.0 cm³/mol. The number of carbonyl (C=O) groups excluding carboxylic acids is 3. The predicted octanol–water partition coefficient (Wildman–Crippen LogP) is 1.74. The normalized spacial score (nSPS) is 22.7. The van der Waals surface area contributed by atoms with Crippen molar-refractivity contribution in [2.45, 2.75) is 44.7 Å². The fraction of sp³-hybridized carbons (Fsp3) is 0.500. The second-order valence-electron chi connectivity index (χ2n) is 6.30. The molecule has 2 atom stereocenters. The van der Waals surface area contributed by atoms with E-state index in [1.165, 1.54) is 0 Å². The Kier molecular flexibility index (Phi) is 5.21. The Morgan fingerprint density at radius 1 is 1.28 bits per heavy atom. The molecular weight excluding hydrogens is 322 g/mol. The van der Waals surface area contributed by atoms with Crippen molar-refractivity contribution in [3.63, 3.8) is 0 Å². The summed E-state index contributed by atoms with van der Waals surface area (Å²) < 4.78 is 5.46. The molecule has 2 fully saturated rings. The molecule has 0 aromatic heterocycles. The van der Waals surface area contributed by atoms with E-state index in [1.807, 2.05) is 36.1 Å². The number of benzene rings is 1. The lowest BCUT2D eigenvalue weighted by Crippen LogP contribution is -2.34. The summed E-state index contributed by atoms with van der Waals surface area (Å²) in [6.45, 7) is 3.29. The first-order valence-corrected chi connectivity index (χ1v) is 8.72. The number of hydrogen-bond acceptors (Lipinski definition) is 4. The zero-order valence-corrected chi connectivity index (χ0v) is 14.3. The molecule has 7 nitrogen and oxygen atoms in total. The summed E-state index contributed by atoms with van der Waals surface area (Å²) in [6.07, 6.45) is 2.46. The number of carbonyl (C=O) groups is 3. The third-order valence-corrected chi connectivity index (χ3v) is 4.65. The first-order valence-electron chi connectivity index (χ1n) is 8.72. The van der Waals surface area contributed by atoms with Crippen LogP contribution in [0.5, 0.6) is 5.75 Å². The van der Waals surface area contributed by atoms with Gasteiger partial charge in [-0.05, 0) is 43.9 Å². The van der Waals surface area contributed by atoms with Gasteiger partial charge in [-0.15, -0.1) is 0 Å². The van der Waals surface area contributed by atoms with Crippen molar-refractivity contribution in [2.24, 2.45) is 0 Å². The van der Waals surface area contributed by atoms with E-state index in [4.69, 9.17) is 4.74 Å². The first-order chi connectivity index (χ1) is 12.1. The molecule has 0 bridgehead atoms. The molecular formula is C18H23N3O4. The Labute approximate surface area is 146 Å². The Morgan fingerprint density at radius 2 is 2.04 bits per heavy atom. The van der Waals surface area contributed by atoms with E-state index >= 15 is 0 Å². The standard InChI is InChI=1S/C18H23N3O4/c1-2-25-13-7-5-12(6-8-13)15-4-3-11-21(15)16(22)10-9-14-17(23)20-18(24)19-14/h5-8,14-15H,2-4,9-11H2,1H3,(H2,19,20,23,24)/t14-,15+/m0/s1. The zero-order chi connectivity index (χ0) is 17.8. The molecule has 2 aliphatic heterocycles. The molecule has 4 amide bonds. The molecule has 25 heavy (non-hydrogen) atoms. The number of imide groups is 1. The van der Waals surface area contributed by atoms with Crippen LogP contribution in [-0.4, -0.2) is 41.9 Å². The number of nitrogens with zero attached hydrogens (tertiary/aromatic N) is 1. The average Bonchev–Trinajstić information content (AvgIpc) is 3.20. The molecule has 2 N–H and O–H groups in total. The van der Waals surface area contributed by atoms with Crippen LogP contribution in [0, 0.1) is 0 Å². The van der Waals surface area contributed by atoms with Crippen molar-refractivity contribution in [2.75, 3.05) is 13.2 Å². The highest BCUT2D eigenvalue weighted by Crippen LogP contribution is 2.33. The second-order valence-corrected chi connectivity index (χ2v) is 6.30. The molecule has 134 valence electrons. The summed E-state index contributed by atoms with van der Waals surface area (Å²) in [4.78, 5) is 37.2. The molecule has 0 aliphatic carbocycles. The minimum absolute atomic E-state index is 0.0188. The number of amides is 4. The smallest absolute Gasteiger partial charge is 0.322 e. The highest BCUT2D eigenvalue weighted by Gasteiger charge is 2.33. The van der Waals surface area contributed by atoms with E-state index in [2.05, 4.69) is 10.6 Å². The van der Waals surface area contributed by atoms with Crippen LogP contribution in [0.4, 0.5) is 4.79 Å². The number of likely N-dealkylation sites (tertiary alicyclic amines) is 1. The van der Waals surface area contributed by atoms with Gasteiger partial charge in [-0.2, -0.15) is 0 Å².